The van der Waals surface area contributed by atoms with Gasteiger partial charge < -0.3 is 24.6 Å². The normalized spacial score (nSPS) is 19.7. The minimum absolute atomic E-state index is 0.0332. The fraction of sp³-hybridized carbons (Fsp3) is 0.882. The molecule has 0 saturated carbocycles. The number of carbonyl (C=O) groups excluding carboxylic acids is 4. The number of thioether (sulfide) groups is 1. The van der Waals surface area contributed by atoms with Crippen molar-refractivity contribution in [1.82, 2.24) is 20.0 Å². The van der Waals surface area contributed by atoms with E-state index in [0.29, 0.717) is 6.54 Å². The Morgan fingerprint density at radius 1 is 1.00 bits per heavy atom. The van der Waals surface area contributed by atoms with E-state index < -0.39 is 17.7 Å². The number of nitrogens with zero attached hydrogens (tertiary/aromatic N) is 3. The van der Waals surface area contributed by atoms with Crippen molar-refractivity contribution >= 4 is 35.5 Å². The number of carbonyl (C=O) groups is 4. The van der Waals surface area contributed by atoms with Gasteiger partial charge in [0.25, 0.3) is 0 Å². The van der Waals surface area contributed by atoms with Crippen molar-refractivity contribution in [3.8, 4) is 0 Å². The van der Waals surface area contributed by atoms with Crippen LogP contribution >= 0.6 is 11.8 Å². The molecule has 10 nitrogen and oxygen atoms in total. The zero-order chi connectivity index (χ0) is 34.8. The molecule has 45 heavy (non-hydrogen) atoms. The van der Waals surface area contributed by atoms with Crippen LogP contribution in [-0.2, 0) is 28.7 Å². The van der Waals surface area contributed by atoms with Gasteiger partial charge in [0, 0.05) is 32.0 Å². The standard InChI is InChI=1S/C34H64N4O6S/c1-15-23(6)31(37(12)33(42)29(21(2)3)35-32(41)30(22(4)5)36(10)11)25(43-13)19-27(39)38-18-16-17-24(38)26(45-14)20-28(40)44-34(7,8)9/h21-26,29-31H,15-20H2,1-14H3,(H,35,41). The first kappa shape index (κ1) is 41.2. The van der Waals surface area contributed by atoms with Gasteiger partial charge in [0.05, 0.1) is 31.0 Å². The van der Waals surface area contributed by atoms with Crippen LogP contribution in [-0.4, -0.2) is 121 Å². The Labute approximate surface area is 278 Å². The maximum Gasteiger partial charge on any atom is 0.307 e. The first-order chi connectivity index (χ1) is 20.8. The Balaban J connectivity index is 3.22. The molecule has 0 aromatic rings. The SMILES string of the molecule is CCC(C)C(C(CC(=O)N1CCCC1C(CC(=O)OC(C)(C)C)SC)OC)N(C)C(=O)C(NC(=O)C(C(C)C)N(C)C)C(C)C. The van der Waals surface area contributed by atoms with E-state index in [1.165, 1.54) is 0 Å². The van der Waals surface area contributed by atoms with Gasteiger partial charge in [-0.1, -0.05) is 48.0 Å². The highest BCUT2D eigenvalue weighted by molar-refractivity contribution is 7.99. The summed E-state index contributed by atoms with van der Waals surface area (Å²) in [6.07, 6.45) is 4.25. The first-order valence-electron chi connectivity index (χ1n) is 16.6. The molecule has 0 aromatic carbocycles. The van der Waals surface area contributed by atoms with E-state index in [1.807, 2.05) is 78.6 Å². The zero-order valence-corrected chi connectivity index (χ0v) is 31.5. The molecule has 1 saturated heterocycles. The van der Waals surface area contributed by atoms with Gasteiger partial charge in [-0.15, -0.1) is 0 Å². The van der Waals surface area contributed by atoms with Crippen LogP contribution in [0.1, 0.15) is 94.4 Å². The summed E-state index contributed by atoms with van der Waals surface area (Å²) in [5.41, 5.74) is -0.564. The molecule has 1 aliphatic rings. The molecule has 0 bridgehead atoms. The second-order valence-electron chi connectivity index (χ2n) is 14.5. The maximum atomic E-state index is 14.1. The van der Waals surface area contributed by atoms with Gasteiger partial charge in [-0.05, 0) is 71.7 Å². The van der Waals surface area contributed by atoms with E-state index in [-0.39, 0.29) is 77.7 Å². The van der Waals surface area contributed by atoms with Gasteiger partial charge >= 0.3 is 5.97 Å². The summed E-state index contributed by atoms with van der Waals surface area (Å²) in [4.78, 5) is 59.5. The number of esters is 1. The predicted octanol–water partition coefficient (Wildman–Crippen LogP) is 4.45. The highest BCUT2D eigenvalue weighted by atomic mass is 32.2. The molecule has 1 heterocycles. The molecule has 7 atom stereocenters. The van der Waals surface area contributed by atoms with E-state index in [2.05, 4.69) is 19.2 Å². The Kier molecular flexibility index (Phi) is 16.9. The minimum atomic E-state index is -0.721. The molecule has 0 spiro atoms. The number of rotatable bonds is 17. The highest BCUT2D eigenvalue weighted by Crippen LogP contribution is 2.31. The van der Waals surface area contributed by atoms with E-state index in [0.717, 1.165) is 19.3 Å². The van der Waals surface area contributed by atoms with Crippen LogP contribution in [0.3, 0.4) is 0 Å². The van der Waals surface area contributed by atoms with Gasteiger partial charge in [0.1, 0.15) is 11.6 Å². The van der Waals surface area contributed by atoms with Crippen LogP contribution in [0.5, 0.6) is 0 Å². The smallest absolute Gasteiger partial charge is 0.307 e. The maximum absolute atomic E-state index is 14.1. The van der Waals surface area contributed by atoms with Crippen LogP contribution in [0, 0.1) is 17.8 Å². The zero-order valence-electron chi connectivity index (χ0n) is 30.6. The number of hydrogen-bond donors (Lipinski definition) is 1. The van der Waals surface area contributed by atoms with Gasteiger partial charge in [-0.2, -0.15) is 11.8 Å². The molecular formula is C34H64N4O6S. The minimum Gasteiger partial charge on any atom is -0.460 e. The largest absolute Gasteiger partial charge is 0.460 e. The van der Waals surface area contributed by atoms with Crippen molar-refractivity contribution in [3.05, 3.63) is 0 Å². The van der Waals surface area contributed by atoms with E-state index >= 15 is 0 Å². The fourth-order valence-electron chi connectivity index (χ4n) is 6.54. The monoisotopic (exact) mass is 656 g/mol. The number of methoxy groups -OCH3 is 1. The first-order valence-corrected chi connectivity index (χ1v) is 17.9. The summed E-state index contributed by atoms with van der Waals surface area (Å²) >= 11 is 1.59. The third kappa shape index (κ3) is 12.0. The average Bonchev–Trinajstić information content (AvgIpc) is 3.42. The molecule has 0 radical (unpaired) electrons. The van der Waals surface area contributed by atoms with Crippen LogP contribution in [0.4, 0.5) is 0 Å². The second-order valence-corrected chi connectivity index (χ2v) is 15.6. The highest BCUT2D eigenvalue weighted by Gasteiger charge is 2.41. The summed E-state index contributed by atoms with van der Waals surface area (Å²) < 4.78 is 11.6. The molecule has 1 fully saturated rings. The molecule has 0 aliphatic carbocycles. The molecular weight excluding hydrogens is 592 g/mol. The number of amides is 3. The topological polar surface area (TPSA) is 108 Å². The number of hydrogen-bond acceptors (Lipinski definition) is 8. The Morgan fingerprint density at radius 3 is 2.04 bits per heavy atom. The molecule has 1 rings (SSSR count). The molecule has 1 N–H and O–H groups in total. The van der Waals surface area contributed by atoms with Crippen molar-refractivity contribution in [3.63, 3.8) is 0 Å². The lowest BCUT2D eigenvalue weighted by Gasteiger charge is -2.41. The van der Waals surface area contributed by atoms with Crippen molar-refractivity contribution in [2.24, 2.45) is 17.8 Å². The summed E-state index contributed by atoms with van der Waals surface area (Å²) in [7, 11) is 7.08. The molecule has 11 heteroatoms. The lowest BCUT2D eigenvalue weighted by atomic mass is 9.89. The number of nitrogens with one attached hydrogen (secondary N) is 1. The molecule has 7 unspecified atom stereocenters. The predicted molar refractivity (Wildman–Crippen MR) is 183 cm³/mol. The molecule has 3 amide bonds. The van der Waals surface area contributed by atoms with Crippen molar-refractivity contribution in [1.29, 1.82) is 0 Å². The van der Waals surface area contributed by atoms with Crippen molar-refractivity contribution in [2.75, 3.05) is 41.1 Å². The van der Waals surface area contributed by atoms with Crippen LogP contribution in [0.25, 0.3) is 0 Å². The van der Waals surface area contributed by atoms with Crippen LogP contribution < -0.4 is 5.32 Å². The van der Waals surface area contributed by atoms with Crippen LogP contribution in [0.2, 0.25) is 0 Å². The third-order valence-corrected chi connectivity index (χ3v) is 9.99. The van der Waals surface area contributed by atoms with Gasteiger partial charge in [0.15, 0.2) is 0 Å². The summed E-state index contributed by atoms with van der Waals surface area (Å²) in [6, 6.07) is -1.55. The molecule has 1 aliphatic heterocycles. The summed E-state index contributed by atoms with van der Waals surface area (Å²) in [6.45, 7) is 18.2. The van der Waals surface area contributed by atoms with Crippen LogP contribution in [0.15, 0.2) is 0 Å². The second kappa shape index (κ2) is 18.5. The van der Waals surface area contributed by atoms with E-state index in [1.54, 1.807) is 30.8 Å². The number of likely N-dealkylation sites (tertiary alicyclic amines) is 1. The Bertz CT molecular complexity index is 961. The van der Waals surface area contributed by atoms with E-state index in [4.69, 9.17) is 9.47 Å². The van der Waals surface area contributed by atoms with Gasteiger partial charge in [-0.25, -0.2) is 0 Å². The summed E-state index contributed by atoms with van der Waals surface area (Å²) in [5, 5.41) is 2.97. The van der Waals surface area contributed by atoms with E-state index in [9.17, 15) is 19.2 Å². The lowest BCUT2D eigenvalue weighted by molar-refractivity contribution is -0.155. The Hall–Kier alpha value is -1.85. The third-order valence-electron chi connectivity index (χ3n) is 8.91. The number of likely N-dealkylation sites (N-methyl/N-ethyl adjacent to an activating group) is 2. The average molecular weight is 657 g/mol. The van der Waals surface area contributed by atoms with Gasteiger partial charge in [-0.3, -0.25) is 24.1 Å². The molecule has 262 valence electrons. The van der Waals surface area contributed by atoms with Gasteiger partial charge in [0.2, 0.25) is 17.7 Å². The lowest BCUT2D eigenvalue weighted by Crippen LogP contribution is -2.59. The Morgan fingerprint density at radius 2 is 1.60 bits per heavy atom. The van der Waals surface area contributed by atoms with Crippen molar-refractivity contribution < 1.29 is 28.7 Å². The quantitative estimate of drug-likeness (QED) is 0.229. The fourth-order valence-corrected chi connectivity index (χ4v) is 7.44. The van der Waals surface area contributed by atoms with Crippen molar-refractivity contribution in [2.45, 2.75) is 136 Å². The number of ether oxygens (including phenoxy) is 2. The summed E-state index contributed by atoms with van der Waals surface area (Å²) in [5.74, 6) is -0.710. The molecule has 0 aromatic heterocycles.